The fraction of sp³-hybridized carbons (Fsp3) is 0.235. The molecule has 1 aromatic heterocycles. The standard InChI is InChI=1S/C17H15F2N3O5/c1-7-10(15(24)26-2)11(8-5-3-4-6-9(8)27-16(18)19)12-13(20-7)21-17(25)22-14(12)23/h3-6,11,16H,1-2H3,(H3,20,21,22,23,25)/t11-/m0/s1. The molecule has 0 saturated carbocycles. The number of halogens is 2. The number of hydrogen-bond donors (Lipinski definition) is 3. The number of aromatic amines is 2. The molecule has 8 nitrogen and oxygen atoms in total. The first-order chi connectivity index (χ1) is 12.8. The Hall–Kier alpha value is -3.43. The number of carbonyl (C=O) groups is 1. The number of alkyl halides is 2. The van der Waals surface area contributed by atoms with E-state index in [1.807, 2.05) is 0 Å². The van der Waals surface area contributed by atoms with Crippen molar-refractivity contribution in [2.45, 2.75) is 19.5 Å². The number of fused-ring (bicyclic) bond motifs is 1. The molecular formula is C17H15F2N3O5. The SMILES string of the molecule is COC(=O)C1=C(C)Nc2[nH]c(=O)[nH]c(=O)c2[C@H]1c1ccccc1OC(F)F. The molecule has 0 radical (unpaired) electrons. The molecule has 0 amide bonds. The number of para-hydroxylation sites is 1. The Kier molecular flexibility index (Phi) is 4.80. The minimum Gasteiger partial charge on any atom is -0.466 e. The van der Waals surface area contributed by atoms with E-state index in [0.717, 1.165) is 7.11 Å². The molecule has 27 heavy (non-hydrogen) atoms. The Bertz CT molecular complexity index is 1040. The highest BCUT2D eigenvalue weighted by atomic mass is 19.3. The largest absolute Gasteiger partial charge is 0.466 e. The second kappa shape index (κ2) is 7.06. The normalized spacial score (nSPS) is 16.0. The molecule has 2 heterocycles. The van der Waals surface area contributed by atoms with E-state index >= 15 is 0 Å². The Morgan fingerprint density at radius 3 is 2.56 bits per heavy atom. The Labute approximate surface area is 150 Å². The highest BCUT2D eigenvalue weighted by molar-refractivity contribution is 5.94. The van der Waals surface area contributed by atoms with Gasteiger partial charge in [-0.05, 0) is 13.0 Å². The fourth-order valence-electron chi connectivity index (χ4n) is 3.10. The molecule has 2 aromatic rings. The van der Waals surface area contributed by atoms with Crippen LogP contribution >= 0.6 is 0 Å². The van der Waals surface area contributed by atoms with Crippen molar-refractivity contribution in [1.29, 1.82) is 0 Å². The van der Waals surface area contributed by atoms with Crippen LogP contribution in [0.4, 0.5) is 14.6 Å². The van der Waals surface area contributed by atoms with Crippen LogP contribution in [0, 0.1) is 0 Å². The first kappa shape index (κ1) is 18.4. The second-order valence-electron chi connectivity index (χ2n) is 5.70. The van der Waals surface area contributed by atoms with Gasteiger partial charge >= 0.3 is 18.3 Å². The molecular weight excluding hydrogens is 364 g/mol. The molecule has 0 aliphatic carbocycles. The lowest BCUT2D eigenvalue weighted by molar-refractivity contribution is -0.136. The number of allylic oxidation sites excluding steroid dienone is 1. The van der Waals surface area contributed by atoms with Crippen molar-refractivity contribution in [2.75, 3.05) is 12.4 Å². The Morgan fingerprint density at radius 1 is 1.19 bits per heavy atom. The topological polar surface area (TPSA) is 113 Å². The maximum Gasteiger partial charge on any atom is 0.387 e. The fourth-order valence-corrected chi connectivity index (χ4v) is 3.10. The van der Waals surface area contributed by atoms with E-state index in [4.69, 9.17) is 4.74 Å². The van der Waals surface area contributed by atoms with Gasteiger partial charge in [-0.2, -0.15) is 8.78 Å². The number of ether oxygens (including phenoxy) is 2. The third kappa shape index (κ3) is 3.33. The van der Waals surface area contributed by atoms with Gasteiger partial charge in [-0.3, -0.25) is 14.8 Å². The molecule has 1 aliphatic heterocycles. The maximum absolute atomic E-state index is 12.8. The highest BCUT2D eigenvalue weighted by Crippen LogP contribution is 2.42. The number of hydrogen-bond acceptors (Lipinski definition) is 6. The average Bonchev–Trinajstić information content (AvgIpc) is 2.59. The van der Waals surface area contributed by atoms with Gasteiger partial charge in [-0.1, -0.05) is 18.2 Å². The summed E-state index contributed by atoms with van der Waals surface area (Å²) in [7, 11) is 1.16. The van der Waals surface area contributed by atoms with E-state index in [1.54, 1.807) is 6.07 Å². The zero-order chi connectivity index (χ0) is 19.7. The van der Waals surface area contributed by atoms with E-state index in [9.17, 15) is 23.2 Å². The quantitative estimate of drug-likeness (QED) is 0.697. The van der Waals surface area contributed by atoms with Gasteiger partial charge in [-0.25, -0.2) is 9.59 Å². The number of esters is 1. The van der Waals surface area contributed by atoms with Crippen LogP contribution in [-0.2, 0) is 9.53 Å². The maximum atomic E-state index is 12.8. The Balaban J connectivity index is 2.33. The number of aromatic nitrogens is 2. The molecule has 1 aromatic carbocycles. The lowest BCUT2D eigenvalue weighted by Crippen LogP contribution is -2.35. The van der Waals surface area contributed by atoms with Gasteiger partial charge in [0.2, 0.25) is 0 Å². The van der Waals surface area contributed by atoms with Gasteiger partial charge in [0.15, 0.2) is 0 Å². The van der Waals surface area contributed by atoms with E-state index in [1.165, 1.54) is 25.1 Å². The van der Waals surface area contributed by atoms with Crippen LogP contribution < -0.4 is 21.3 Å². The van der Waals surface area contributed by atoms with Crippen LogP contribution in [0.15, 0.2) is 45.1 Å². The van der Waals surface area contributed by atoms with Gasteiger partial charge in [0.25, 0.3) is 5.56 Å². The van der Waals surface area contributed by atoms with Crippen molar-refractivity contribution >= 4 is 11.8 Å². The molecule has 0 bridgehead atoms. The summed E-state index contributed by atoms with van der Waals surface area (Å²) in [6.07, 6.45) is 0. The van der Waals surface area contributed by atoms with E-state index in [2.05, 4.69) is 20.0 Å². The summed E-state index contributed by atoms with van der Waals surface area (Å²) in [6, 6.07) is 5.79. The molecule has 0 saturated heterocycles. The number of H-pyrrole nitrogens is 2. The smallest absolute Gasteiger partial charge is 0.387 e. The monoisotopic (exact) mass is 379 g/mol. The predicted molar refractivity (Wildman–Crippen MR) is 90.9 cm³/mol. The van der Waals surface area contributed by atoms with Crippen LogP contribution in [0.1, 0.15) is 24.0 Å². The molecule has 0 fully saturated rings. The number of benzene rings is 1. The van der Waals surface area contributed by atoms with Gasteiger partial charge < -0.3 is 14.8 Å². The summed E-state index contributed by atoms with van der Waals surface area (Å²) in [5.74, 6) is -1.99. The third-order valence-corrected chi connectivity index (χ3v) is 4.12. The molecule has 0 unspecified atom stereocenters. The molecule has 3 rings (SSSR count). The number of carbonyl (C=O) groups excluding carboxylic acids is 1. The van der Waals surface area contributed by atoms with Crippen molar-refractivity contribution in [3.05, 3.63) is 67.5 Å². The first-order valence-electron chi connectivity index (χ1n) is 7.79. The van der Waals surface area contributed by atoms with Crippen LogP contribution in [0.3, 0.4) is 0 Å². The minimum absolute atomic E-state index is 0.0223. The summed E-state index contributed by atoms with van der Waals surface area (Å²) in [5, 5.41) is 2.78. The van der Waals surface area contributed by atoms with Gasteiger partial charge in [0.05, 0.1) is 24.2 Å². The summed E-state index contributed by atoms with van der Waals surface area (Å²) < 4.78 is 35.0. The molecule has 1 atom stereocenters. The van der Waals surface area contributed by atoms with Crippen molar-refractivity contribution in [1.82, 2.24) is 9.97 Å². The molecule has 1 aliphatic rings. The summed E-state index contributed by atoms with van der Waals surface area (Å²) >= 11 is 0. The molecule has 142 valence electrons. The number of anilines is 1. The first-order valence-corrected chi connectivity index (χ1v) is 7.79. The van der Waals surface area contributed by atoms with Gasteiger partial charge in [0, 0.05) is 11.3 Å². The number of rotatable bonds is 4. The predicted octanol–water partition coefficient (Wildman–Crippen LogP) is 1.67. The average molecular weight is 379 g/mol. The van der Waals surface area contributed by atoms with Gasteiger partial charge in [-0.15, -0.1) is 0 Å². The second-order valence-corrected chi connectivity index (χ2v) is 5.70. The van der Waals surface area contributed by atoms with E-state index in [0.29, 0.717) is 5.70 Å². The van der Waals surface area contributed by atoms with Crippen LogP contribution in [0.25, 0.3) is 0 Å². The lowest BCUT2D eigenvalue weighted by Gasteiger charge is -2.29. The molecule has 3 N–H and O–H groups in total. The number of methoxy groups -OCH3 is 1. The highest BCUT2D eigenvalue weighted by Gasteiger charge is 2.37. The van der Waals surface area contributed by atoms with Crippen LogP contribution in [0.2, 0.25) is 0 Å². The van der Waals surface area contributed by atoms with Gasteiger partial charge in [0.1, 0.15) is 11.6 Å². The van der Waals surface area contributed by atoms with Crippen molar-refractivity contribution in [2.24, 2.45) is 0 Å². The van der Waals surface area contributed by atoms with E-state index < -0.39 is 29.7 Å². The van der Waals surface area contributed by atoms with Crippen molar-refractivity contribution < 1.29 is 23.0 Å². The number of nitrogens with one attached hydrogen (secondary N) is 3. The van der Waals surface area contributed by atoms with Crippen molar-refractivity contribution in [3.8, 4) is 5.75 Å². The van der Waals surface area contributed by atoms with Crippen LogP contribution in [0.5, 0.6) is 5.75 Å². The Morgan fingerprint density at radius 2 is 1.89 bits per heavy atom. The van der Waals surface area contributed by atoms with Crippen molar-refractivity contribution in [3.63, 3.8) is 0 Å². The summed E-state index contributed by atoms with van der Waals surface area (Å²) in [4.78, 5) is 41.0. The summed E-state index contributed by atoms with van der Waals surface area (Å²) in [5.41, 5.74) is -1.06. The summed E-state index contributed by atoms with van der Waals surface area (Å²) in [6.45, 7) is -1.56. The van der Waals surface area contributed by atoms with Crippen LogP contribution in [-0.4, -0.2) is 29.7 Å². The van der Waals surface area contributed by atoms with E-state index in [-0.39, 0.29) is 28.3 Å². The molecule has 0 spiro atoms. The molecule has 10 heteroatoms. The lowest BCUT2D eigenvalue weighted by atomic mass is 9.82. The third-order valence-electron chi connectivity index (χ3n) is 4.12. The minimum atomic E-state index is -3.10. The zero-order valence-corrected chi connectivity index (χ0v) is 14.3. The zero-order valence-electron chi connectivity index (χ0n) is 14.3.